The molecule has 0 aromatic heterocycles. The van der Waals surface area contributed by atoms with E-state index in [2.05, 4.69) is 47.7 Å². The van der Waals surface area contributed by atoms with E-state index >= 15 is 0 Å². The maximum absolute atomic E-state index is 14.0. The van der Waals surface area contributed by atoms with Crippen molar-refractivity contribution in [1.29, 1.82) is 0 Å². The average Bonchev–Trinajstić information content (AvgIpc) is 2.25. The molecular weight excluding hydrogens is 255 g/mol. The summed E-state index contributed by atoms with van der Waals surface area (Å²) in [6, 6.07) is 5.49. The lowest BCUT2D eigenvalue weighted by atomic mass is 10.0. The van der Waals surface area contributed by atoms with Gasteiger partial charge in [-0.3, -0.25) is 0 Å². The van der Waals surface area contributed by atoms with E-state index in [1.807, 2.05) is 12.1 Å². The number of benzene rings is 1. The van der Waals surface area contributed by atoms with E-state index in [1.54, 1.807) is 6.07 Å². The van der Waals surface area contributed by atoms with Crippen LogP contribution >= 0.6 is 0 Å². The Morgan fingerprint density at radius 1 is 1.21 bits per heavy atom. The normalized spacial score (nSPS) is 13.1. The molecule has 19 heavy (non-hydrogen) atoms. The first-order valence-corrected chi connectivity index (χ1v) is 9.87. The number of halogens is 1. The molecule has 0 saturated carbocycles. The Morgan fingerprint density at radius 2 is 1.79 bits per heavy atom. The van der Waals surface area contributed by atoms with Gasteiger partial charge in [0.05, 0.1) is 6.61 Å². The quantitative estimate of drug-likeness (QED) is 0.665. The molecule has 3 heteroatoms. The molecule has 0 amide bonds. The van der Waals surface area contributed by atoms with Crippen molar-refractivity contribution in [1.82, 2.24) is 0 Å². The second-order valence-electron chi connectivity index (χ2n) is 7.05. The average molecular weight is 282 g/mol. The van der Waals surface area contributed by atoms with Gasteiger partial charge in [-0.25, -0.2) is 4.39 Å². The number of hydrogen-bond acceptors (Lipinski definition) is 1. The minimum Gasteiger partial charge on any atom is -0.412 e. The Kier molecular flexibility index (Phi) is 4.96. The Labute approximate surface area is 118 Å². The van der Waals surface area contributed by atoms with Crippen molar-refractivity contribution in [3.05, 3.63) is 35.1 Å². The van der Waals surface area contributed by atoms with Crippen LogP contribution in [0.5, 0.6) is 0 Å². The first kappa shape index (κ1) is 16.4. The summed E-state index contributed by atoms with van der Waals surface area (Å²) in [6.07, 6.45) is 0. The van der Waals surface area contributed by atoms with Gasteiger partial charge in [0.1, 0.15) is 5.82 Å². The molecule has 1 aromatic carbocycles. The van der Waals surface area contributed by atoms with Crippen molar-refractivity contribution in [2.24, 2.45) is 0 Å². The molecule has 0 bridgehead atoms. The molecule has 0 saturated heterocycles. The topological polar surface area (TPSA) is 9.23 Å². The first-order chi connectivity index (χ1) is 8.54. The maximum atomic E-state index is 14.0. The molecule has 1 aromatic rings. The lowest BCUT2D eigenvalue weighted by Crippen LogP contribution is -2.40. The zero-order valence-corrected chi connectivity index (χ0v) is 14.3. The van der Waals surface area contributed by atoms with Gasteiger partial charge >= 0.3 is 0 Å². The zero-order chi connectivity index (χ0) is 14.8. The maximum Gasteiger partial charge on any atom is 0.192 e. The van der Waals surface area contributed by atoms with Gasteiger partial charge in [-0.2, -0.15) is 0 Å². The molecule has 0 aliphatic rings. The summed E-state index contributed by atoms with van der Waals surface area (Å²) in [5.74, 6) is 0.203. The van der Waals surface area contributed by atoms with E-state index in [4.69, 9.17) is 4.43 Å². The van der Waals surface area contributed by atoms with E-state index in [1.165, 1.54) is 0 Å². The van der Waals surface area contributed by atoms with Gasteiger partial charge < -0.3 is 4.43 Å². The molecule has 108 valence electrons. The molecule has 0 unspecified atom stereocenters. The summed E-state index contributed by atoms with van der Waals surface area (Å²) in [5.41, 5.74) is 1.70. The van der Waals surface area contributed by atoms with Crippen molar-refractivity contribution in [2.75, 3.05) is 0 Å². The fraction of sp³-hybridized carbons (Fsp3) is 0.625. The monoisotopic (exact) mass is 282 g/mol. The zero-order valence-electron chi connectivity index (χ0n) is 13.3. The SMILES string of the molecule is CC(C)c1ccc(CO[Si](C)(C)C(C)(C)C)c(F)c1. The predicted molar refractivity (Wildman–Crippen MR) is 82.5 cm³/mol. The molecule has 0 atom stereocenters. The molecule has 0 spiro atoms. The minimum atomic E-state index is -1.81. The highest BCUT2D eigenvalue weighted by molar-refractivity contribution is 6.74. The third-order valence-electron chi connectivity index (χ3n) is 4.14. The fourth-order valence-corrected chi connectivity index (χ4v) is 2.46. The van der Waals surface area contributed by atoms with Crippen LogP contribution in [0.25, 0.3) is 0 Å². The van der Waals surface area contributed by atoms with Crippen LogP contribution in [0.4, 0.5) is 4.39 Å². The van der Waals surface area contributed by atoms with Crippen LogP contribution < -0.4 is 0 Å². The van der Waals surface area contributed by atoms with Gasteiger partial charge in [-0.05, 0) is 35.7 Å². The number of hydrogen-bond donors (Lipinski definition) is 0. The second kappa shape index (κ2) is 5.76. The lowest BCUT2D eigenvalue weighted by molar-refractivity contribution is 0.271. The van der Waals surface area contributed by atoms with Gasteiger partial charge in [0.2, 0.25) is 0 Å². The molecule has 1 rings (SSSR count). The van der Waals surface area contributed by atoms with Crippen LogP contribution in [0.3, 0.4) is 0 Å². The summed E-state index contributed by atoms with van der Waals surface area (Å²) in [4.78, 5) is 0. The highest BCUT2D eigenvalue weighted by Crippen LogP contribution is 2.37. The fourth-order valence-electron chi connectivity index (χ4n) is 1.51. The van der Waals surface area contributed by atoms with Crippen LogP contribution in [0.2, 0.25) is 18.1 Å². The van der Waals surface area contributed by atoms with E-state index in [9.17, 15) is 4.39 Å². The lowest BCUT2D eigenvalue weighted by Gasteiger charge is -2.36. The molecule has 0 radical (unpaired) electrons. The van der Waals surface area contributed by atoms with Gasteiger partial charge in [-0.1, -0.05) is 46.8 Å². The summed E-state index contributed by atoms with van der Waals surface area (Å²) < 4.78 is 20.1. The molecule has 0 fully saturated rings. The molecule has 0 aliphatic heterocycles. The number of rotatable bonds is 4. The Balaban J connectivity index is 2.79. The van der Waals surface area contributed by atoms with Crippen LogP contribution in [0, 0.1) is 5.82 Å². The molecule has 0 N–H and O–H groups in total. The summed E-state index contributed by atoms with van der Waals surface area (Å²) in [5, 5.41) is 0.154. The predicted octanol–water partition coefficient (Wildman–Crippen LogP) is 5.47. The standard InChI is InChI=1S/C16H27FOSi/c1-12(2)13-8-9-14(15(17)10-13)11-18-19(6,7)16(3,4)5/h8-10,12H,11H2,1-7H3. The van der Waals surface area contributed by atoms with E-state index in [0.717, 1.165) is 5.56 Å². The van der Waals surface area contributed by atoms with Gasteiger partial charge in [0.25, 0.3) is 0 Å². The highest BCUT2D eigenvalue weighted by atomic mass is 28.4. The second-order valence-corrected chi connectivity index (χ2v) is 11.9. The van der Waals surface area contributed by atoms with E-state index < -0.39 is 8.32 Å². The first-order valence-electron chi connectivity index (χ1n) is 6.97. The third-order valence-corrected chi connectivity index (χ3v) is 8.62. The summed E-state index contributed by atoms with van der Waals surface area (Å²) in [7, 11) is -1.81. The van der Waals surface area contributed by atoms with E-state index in [0.29, 0.717) is 18.1 Å². The Bertz CT molecular complexity index is 433. The van der Waals surface area contributed by atoms with Crippen LogP contribution in [0.1, 0.15) is 51.7 Å². The summed E-state index contributed by atoms with van der Waals surface area (Å²) in [6.45, 7) is 15.5. The minimum absolute atomic E-state index is 0.148. The van der Waals surface area contributed by atoms with Crippen molar-refractivity contribution in [2.45, 2.75) is 65.3 Å². The van der Waals surface area contributed by atoms with Crippen LogP contribution in [0.15, 0.2) is 18.2 Å². The van der Waals surface area contributed by atoms with Gasteiger partial charge in [-0.15, -0.1) is 0 Å². The van der Waals surface area contributed by atoms with Crippen molar-refractivity contribution in [3.63, 3.8) is 0 Å². The van der Waals surface area contributed by atoms with Gasteiger partial charge in [0.15, 0.2) is 8.32 Å². The Morgan fingerprint density at radius 3 is 2.21 bits per heavy atom. The van der Waals surface area contributed by atoms with E-state index in [-0.39, 0.29) is 10.9 Å². The van der Waals surface area contributed by atoms with Crippen molar-refractivity contribution >= 4 is 8.32 Å². The van der Waals surface area contributed by atoms with Crippen LogP contribution in [-0.4, -0.2) is 8.32 Å². The van der Waals surface area contributed by atoms with Crippen molar-refractivity contribution in [3.8, 4) is 0 Å². The molecule has 0 heterocycles. The smallest absolute Gasteiger partial charge is 0.192 e. The molecular formula is C16H27FOSi. The van der Waals surface area contributed by atoms with Crippen molar-refractivity contribution < 1.29 is 8.82 Å². The van der Waals surface area contributed by atoms with Gasteiger partial charge in [0, 0.05) is 5.56 Å². The Hall–Kier alpha value is -0.673. The largest absolute Gasteiger partial charge is 0.412 e. The summed E-state index contributed by atoms with van der Waals surface area (Å²) >= 11 is 0. The molecule has 0 aliphatic carbocycles. The third kappa shape index (κ3) is 4.15. The highest BCUT2D eigenvalue weighted by Gasteiger charge is 2.37. The van der Waals surface area contributed by atoms with Crippen LogP contribution in [-0.2, 0) is 11.0 Å². The molecule has 1 nitrogen and oxygen atoms in total.